The van der Waals surface area contributed by atoms with Crippen molar-refractivity contribution >= 4 is 5.91 Å². The van der Waals surface area contributed by atoms with Gasteiger partial charge in [0.15, 0.2) is 5.76 Å². The predicted molar refractivity (Wildman–Crippen MR) is 61.6 cm³/mol. The second-order valence-corrected chi connectivity index (χ2v) is 3.66. The topological polar surface area (TPSA) is 119 Å². The summed E-state index contributed by atoms with van der Waals surface area (Å²) in [5.74, 6) is 5.17. The number of furan rings is 1. The van der Waals surface area contributed by atoms with Gasteiger partial charge in [0.05, 0.1) is 31.8 Å². The van der Waals surface area contributed by atoms with Crippen LogP contribution in [-0.4, -0.2) is 23.9 Å². The number of hydrazine groups is 1. The Morgan fingerprint density at radius 3 is 2.61 bits per heavy atom. The first-order valence-corrected chi connectivity index (χ1v) is 5.18. The summed E-state index contributed by atoms with van der Waals surface area (Å²) in [5, 5.41) is 17.2. The van der Waals surface area contributed by atoms with Crippen LogP contribution in [0.15, 0.2) is 10.5 Å². The molecular formula is C11H13N5O2. The van der Waals surface area contributed by atoms with Gasteiger partial charge in [0.25, 0.3) is 0 Å². The van der Waals surface area contributed by atoms with Crippen molar-refractivity contribution < 1.29 is 9.21 Å². The minimum absolute atomic E-state index is 0.117. The number of carbonyl (C=O) groups excluding carboxylic acids is 1. The molecule has 1 aromatic heterocycles. The summed E-state index contributed by atoms with van der Waals surface area (Å²) in [6.45, 7) is 2.24. The van der Waals surface area contributed by atoms with E-state index in [0.717, 1.165) is 0 Å². The van der Waals surface area contributed by atoms with Gasteiger partial charge in [-0.2, -0.15) is 10.5 Å². The summed E-state index contributed by atoms with van der Waals surface area (Å²) in [6, 6.07) is 5.61. The van der Waals surface area contributed by atoms with E-state index in [1.807, 2.05) is 17.6 Å². The molecule has 0 radical (unpaired) electrons. The summed E-state index contributed by atoms with van der Waals surface area (Å²) in [7, 11) is 0. The zero-order valence-corrected chi connectivity index (χ0v) is 9.93. The molecule has 7 nitrogen and oxygen atoms in total. The van der Waals surface area contributed by atoms with Gasteiger partial charge in [0.2, 0.25) is 0 Å². The van der Waals surface area contributed by atoms with Gasteiger partial charge in [-0.05, 0) is 13.0 Å². The normalized spacial score (nSPS) is 9.83. The van der Waals surface area contributed by atoms with E-state index in [9.17, 15) is 4.79 Å². The number of nitrogens with two attached hydrogens (primary N) is 1. The molecular weight excluding hydrogens is 234 g/mol. The van der Waals surface area contributed by atoms with E-state index in [1.165, 1.54) is 0 Å². The predicted octanol–water partition coefficient (Wildman–Crippen LogP) is 0.0407. The molecule has 0 aliphatic heterocycles. The van der Waals surface area contributed by atoms with Gasteiger partial charge < -0.3 is 4.42 Å². The zero-order chi connectivity index (χ0) is 13.5. The molecule has 1 heterocycles. The standard InChI is InChI=1S/C11H13N5O2/c1-8-6-9(18-10(8)11(17)15-14)7-16(4-2-12)5-3-13/h6H,4-5,7,14H2,1H3,(H,15,17). The molecule has 18 heavy (non-hydrogen) atoms. The van der Waals surface area contributed by atoms with Crippen molar-refractivity contribution in [2.45, 2.75) is 13.5 Å². The number of rotatable bonds is 5. The Kier molecular flexibility index (Phi) is 4.88. The lowest BCUT2D eigenvalue weighted by Gasteiger charge is -2.12. The first kappa shape index (κ1) is 13.7. The molecule has 0 spiro atoms. The van der Waals surface area contributed by atoms with Crippen LogP contribution in [0.25, 0.3) is 0 Å². The SMILES string of the molecule is Cc1cc(CN(CC#N)CC#N)oc1C(=O)NN. The highest BCUT2D eigenvalue weighted by Crippen LogP contribution is 2.16. The largest absolute Gasteiger partial charge is 0.454 e. The Hall–Kier alpha value is -2.35. The maximum atomic E-state index is 11.3. The molecule has 0 saturated heterocycles. The van der Waals surface area contributed by atoms with E-state index in [-0.39, 0.29) is 18.8 Å². The molecule has 1 rings (SSSR count). The van der Waals surface area contributed by atoms with Gasteiger partial charge in [0.1, 0.15) is 5.76 Å². The van der Waals surface area contributed by atoms with Crippen molar-refractivity contribution in [3.05, 3.63) is 23.2 Å². The lowest BCUT2D eigenvalue weighted by molar-refractivity contribution is 0.0921. The van der Waals surface area contributed by atoms with Crippen molar-refractivity contribution in [1.82, 2.24) is 10.3 Å². The number of nitriles is 2. The van der Waals surface area contributed by atoms with Crippen LogP contribution in [-0.2, 0) is 6.54 Å². The van der Waals surface area contributed by atoms with Gasteiger partial charge in [-0.15, -0.1) is 0 Å². The van der Waals surface area contributed by atoms with Crippen LogP contribution < -0.4 is 11.3 Å². The first-order chi connectivity index (χ1) is 8.62. The van der Waals surface area contributed by atoms with Crippen molar-refractivity contribution in [1.29, 1.82) is 10.5 Å². The molecule has 0 aliphatic rings. The summed E-state index contributed by atoms with van der Waals surface area (Å²) >= 11 is 0. The molecule has 0 unspecified atom stereocenters. The average molecular weight is 247 g/mol. The number of hydrogen-bond acceptors (Lipinski definition) is 6. The zero-order valence-electron chi connectivity index (χ0n) is 9.93. The molecule has 1 amide bonds. The molecule has 1 aromatic rings. The Morgan fingerprint density at radius 1 is 1.50 bits per heavy atom. The fourth-order valence-electron chi connectivity index (χ4n) is 1.51. The molecule has 94 valence electrons. The van der Waals surface area contributed by atoms with E-state index >= 15 is 0 Å². The van der Waals surface area contributed by atoms with E-state index in [1.54, 1.807) is 17.9 Å². The summed E-state index contributed by atoms with van der Waals surface area (Å²) in [5.41, 5.74) is 2.64. The van der Waals surface area contributed by atoms with Crippen LogP contribution in [0.4, 0.5) is 0 Å². The molecule has 0 aromatic carbocycles. The van der Waals surface area contributed by atoms with Crippen LogP contribution >= 0.6 is 0 Å². The minimum atomic E-state index is -0.508. The first-order valence-electron chi connectivity index (χ1n) is 5.18. The fraction of sp³-hybridized carbons (Fsp3) is 0.364. The summed E-state index contributed by atoms with van der Waals surface area (Å²) < 4.78 is 5.34. The maximum Gasteiger partial charge on any atom is 0.301 e. The molecule has 0 fully saturated rings. The fourth-order valence-corrected chi connectivity index (χ4v) is 1.51. The van der Waals surface area contributed by atoms with E-state index in [2.05, 4.69) is 0 Å². The van der Waals surface area contributed by atoms with E-state index < -0.39 is 5.91 Å². The van der Waals surface area contributed by atoms with Gasteiger partial charge in [-0.1, -0.05) is 0 Å². The molecule has 0 saturated carbocycles. The number of nitrogen functional groups attached to an aromatic ring is 1. The maximum absolute atomic E-state index is 11.3. The number of nitrogens with one attached hydrogen (secondary N) is 1. The minimum Gasteiger partial charge on any atom is -0.454 e. The Bertz CT molecular complexity index is 492. The van der Waals surface area contributed by atoms with Crippen molar-refractivity contribution in [3.8, 4) is 12.1 Å². The highest BCUT2D eigenvalue weighted by Gasteiger charge is 2.16. The number of amides is 1. The van der Waals surface area contributed by atoms with E-state index in [0.29, 0.717) is 17.9 Å². The van der Waals surface area contributed by atoms with Crippen LogP contribution in [0.1, 0.15) is 21.9 Å². The van der Waals surface area contributed by atoms with Crippen LogP contribution in [0.2, 0.25) is 0 Å². The second-order valence-electron chi connectivity index (χ2n) is 3.66. The van der Waals surface area contributed by atoms with Crippen molar-refractivity contribution in [2.24, 2.45) is 5.84 Å². The van der Waals surface area contributed by atoms with Gasteiger partial charge >= 0.3 is 5.91 Å². The third kappa shape index (κ3) is 3.32. The second kappa shape index (κ2) is 6.40. The average Bonchev–Trinajstić information content (AvgIpc) is 2.70. The highest BCUT2D eigenvalue weighted by molar-refractivity contribution is 5.92. The molecule has 7 heteroatoms. The third-order valence-corrected chi connectivity index (χ3v) is 2.27. The Balaban J connectivity index is 2.82. The Labute approximate surface area is 104 Å². The lowest BCUT2D eigenvalue weighted by Crippen LogP contribution is -2.30. The van der Waals surface area contributed by atoms with Gasteiger partial charge in [0, 0.05) is 5.56 Å². The molecule has 0 atom stereocenters. The number of hydrogen-bond donors (Lipinski definition) is 2. The van der Waals surface area contributed by atoms with Crippen LogP contribution in [0.5, 0.6) is 0 Å². The van der Waals surface area contributed by atoms with Crippen LogP contribution in [0.3, 0.4) is 0 Å². The monoisotopic (exact) mass is 247 g/mol. The molecule has 0 bridgehead atoms. The van der Waals surface area contributed by atoms with Crippen molar-refractivity contribution in [3.63, 3.8) is 0 Å². The summed E-state index contributed by atoms with van der Waals surface area (Å²) in [4.78, 5) is 12.9. The van der Waals surface area contributed by atoms with Crippen molar-refractivity contribution in [2.75, 3.05) is 13.1 Å². The highest BCUT2D eigenvalue weighted by atomic mass is 16.4. The van der Waals surface area contributed by atoms with Gasteiger partial charge in [-0.3, -0.25) is 15.1 Å². The van der Waals surface area contributed by atoms with E-state index in [4.69, 9.17) is 20.8 Å². The quantitative estimate of drug-likeness (QED) is 0.328. The number of nitrogens with zero attached hydrogens (tertiary/aromatic N) is 3. The third-order valence-electron chi connectivity index (χ3n) is 2.27. The summed E-state index contributed by atoms with van der Waals surface area (Å²) in [6.07, 6.45) is 0. The Morgan fingerprint density at radius 2 is 2.11 bits per heavy atom. The lowest BCUT2D eigenvalue weighted by atomic mass is 10.2. The smallest absolute Gasteiger partial charge is 0.301 e. The molecule has 3 N–H and O–H groups in total. The molecule has 0 aliphatic carbocycles. The van der Waals surface area contributed by atoms with Crippen LogP contribution in [0, 0.1) is 29.6 Å². The van der Waals surface area contributed by atoms with Gasteiger partial charge in [-0.25, -0.2) is 5.84 Å². The number of carbonyl (C=O) groups is 1. The number of aryl methyl sites for hydroxylation is 1.